The van der Waals surface area contributed by atoms with Gasteiger partial charge in [0.1, 0.15) is 5.00 Å². The molecule has 2 aliphatic carbocycles. The Bertz CT molecular complexity index is 1040. The van der Waals surface area contributed by atoms with Crippen LogP contribution in [0, 0.1) is 18.8 Å². The molecule has 0 saturated heterocycles. The first-order valence-electron chi connectivity index (χ1n) is 10.2. The van der Waals surface area contributed by atoms with Gasteiger partial charge in [-0.25, -0.2) is 0 Å². The van der Waals surface area contributed by atoms with E-state index < -0.39 is 17.8 Å². The molecular formula is C23H24N2O4S. The Balaban J connectivity index is 1.61. The van der Waals surface area contributed by atoms with Crippen LogP contribution in [0.3, 0.4) is 0 Å². The fraction of sp³-hybridized carbons (Fsp3) is 0.348. The van der Waals surface area contributed by atoms with E-state index in [2.05, 4.69) is 10.6 Å². The summed E-state index contributed by atoms with van der Waals surface area (Å²) in [5.74, 6) is -2.93. The third-order valence-corrected chi connectivity index (χ3v) is 7.07. The number of carboxylic acid groups (broad SMARTS) is 1. The molecule has 0 fully saturated rings. The van der Waals surface area contributed by atoms with Gasteiger partial charge < -0.3 is 15.7 Å². The normalized spacial score (nSPS) is 19.9. The van der Waals surface area contributed by atoms with Gasteiger partial charge >= 0.3 is 5.97 Å². The largest absolute Gasteiger partial charge is 0.481 e. The third kappa shape index (κ3) is 3.89. The van der Waals surface area contributed by atoms with Gasteiger partial charge in [0.2, 0.25) is 5.91 Å². The highest BCUT2D eigenvalue weighted by Crippen LogP contribution is 2.40. The van der Waals surface area contributed by atoms with Crippen LogP contribution in [0.5, 0.6) is 0 Å². The number of hydrogen-bond acceptors (Lipinski definition) is 4. The topological polar surface area (TPSA) is 95.5 Å². The van der Waals surface area contributed by atoms with Crippen molar-refractivity contribution in [1.82, 2.24) is 0 Å². The quantitative estimate of drug-likeness (QED) is 0.620. The Hall–Kier alpha value is -2.93. The lowest BCUT2D eigenvalue weighted by atomic mass is 9.82. The van der Waals surface area contributed by atoms with Crippen LogP contribution in [0.2, 0.25) is 0 Å². The molecule has 2 aromatic rings. The summed E-state index contributed by atoms with van der Waals surface area (Å²) in [6, 6.07) is 7.56. The molecule has 7 heteroatoms. The van der Waals surface area contributed by atoms with E-state index in [-0.39, 0.29) is 11.8 Å². The maximum Gasteiger partial charge on any atom is 0.307 e. The number of benzene rings is 1. The molecule has 3 N–H and O–H groups in total. The summed E-state index contributed by atoms with van der Waals surface area (Å²) in [4.78, 5) is 38.8. The average molecular weight is 425 g/mol. The molecule has 30 heavy (non-hydrogen) atoms. The van der Waals surface area contributed by atoms with E-state index in [9.17, 15) is 19.5 Å². The van der Waals surface area contributed by atoms with Crippen LogP contribution in [-0.4, -0.2) is 22.9 Å². The predicted molar refractivity (Wildman–Crippen MR) is 117 cm³/mol. The van der Waals surface area contributed by atoms with Crippen molar-refractivity contribution in [3.8, 4) is 0 Å². The Morgan fingerprint density at radius 1 is 1.03 bits per heavy atom. The summed E-state index contributed by atoms with van der Waals surface area (Å²) in [5, 5.41) is 15.9. The number of para-hydroxylation sites is 1. The number of hydrogen-bond donors (Lipinski definition) is 3. The van der Waals surface area contributed by atoms with Crippen molar-refractivity contribution in [1.29, 1.82) is 0 Å². The van der Waals surface area contributed by atoms with Crippen molar-refractivity contribution in [2.75, 3.05) is 10.6 Å². The second-order valence-corrected chi connectivity index (χ2v) is 8.92. The molecule has 0 radical (unpaired) electrons. The SMILES string of the molecule is Cc1ccccc1NC(=O)c1c(NC(=O)[C@H]2CC=CC[C@H]2C(=O)O)sc2c1CCC2. The van der Waals surface area contributed by atoms with E-state index in [0.717, 1.165) is 41.0 Å². The molecule has 1 heterocycles. The van der Waals surface area contributed by atoms with Gasteiger partial charge in [-0.3, -0.25) is 14.4 Å². The van der Waals surface area contributed by atoms with Crippen LogP contribution in [0.4, 0.5) is 10.7 Å². The molecule has 0 unspecified atom stereocenters. The molecule has 2 atom stereocenters. The molecule has 2 amide bonds. The number of rotatable bonds is 5. The van der Waals surface area contributed by atoms with Gasteiger partial charge in [-0.2, -0.15) is 0 Å². The molecule has 4 rings (SSSR count). The molecule has 1 aromatic carbocycles. The van der Waals surface area contributed by atoms with Crippen molar-refractivity contribution in [3.63, 3.8) is 0 Å². The van der Waals surface area contributed by atoms with Crippen molar-refractivity contribution in [3.05, 3.63) is 58.0 Å². The number of aryl methyl sites for hydroxylation is 2. The minimum Gasteiger partial charge on any atom is -0.481 e. The van der Waals surface area contributed by atoms with E-state index in [0.29, 0.717) is 23.4 Å². The van der Waals surface area contributed by atoms with Crippen LogP contribution >= 0.6 is 11.3 Å². The van der Waals surface area contributed by atoms with Crippen LogP contribution in [0.1, 0.15) is 45.6 Å². The summed E-state index contributed by atoms with van der Waals surface area (Å²) >= 11 is 1.44. The second kappa shape index (κ2) is 8.44. The Labute approximate surface area is 179 Å². The van der Waals surface area contributed by atoms with Crippen molar-refractivity contribution < 1.29 is 19.5 Å². The first kappa shape index (κ1) is 20.3. The summed E-state index contributed by atoms with van der Waals surface area (Å²) in [7, 11) is 0. The zero-order valence-corrected chi connectivity index (χ0v) is 17.6. The van der Waals surface area contributed by atoms with Gasteiger partial charge in [-0.1, -0.05) is 30.4 Å². The van der Waals surface area contributed by atoms with Crippen molar-refractivity contribution >= 4 is 39.8 Å². The number of anilines is 2. The smallest absolute Gasteiger partial charge is 0.307 e. The van der Waals surface area contributed by atoms with E-state index in [1.807, 2.05) is 43.3 Å². The van der Waals surface area contributed by atoms with Crippen molar-refractivity contribution in [2.24, 2.45) is 11.8 Å². The minimum absolute atomic E-state index is 0.239. The number of nitrogens with one attached hydrogen (secondary N) is 2. The van der Waals surface area contributed by atoms with Crippen LogP contribution < -0.4 is 10.6 Å². The summed E-state index contributed by atoms with van der Waals surface area (Å²) in [5.41, 5.74) is 3.21. The molecule has 156 valence electrons. The molecule has 0 saturated carbocycles. The van der Waals surface area contributed by atoms with Crippen molar-refractivity contribution in [2.45, 2.75) is 39.0 Å². The molecule has 0 bridgehead atoms. The molecule has 2 aliphatic rings. The maximum absolute atomic E-state index is 13.2. The number of fused-ring (bicyclic) bond motifs is 1. The predicted octanol–water partition coefficient (Wildman–Crippen LogP) is 4.40. The van der Waals surface area contributed by atoms with E-state index in [1.165, 1.54) is 11.3 Å². The van der Waals surface area contributed by atoms with E-state index in [4.69, 9.17) is 0 Å². The van der Waals surface area contributed by atoms with Crippen LogP contribution in [-0.2, 0) is 22.4 Å². The fourth-order valence-corrected chi connectivity index (χ4v) is 5.50. The van der Waals surface area contributed by atoms with E-state index in [1.54, 1.807) is 0 Å². The Morgan fingerprint density at radius 2 is 1.77 bits per heavy atom. The lowest BCUT2D eigenvalue weighted by molar-refractivity contribution is -0.146. The molecule has 6 nitrogen and oxygen atoms in total. The summed E-state index contributed by atoms with van der Waals surface area (Å²) < 4.78 is 0. The zero-order valence-electron chi connectivity index (χ0n) is 16.7. The fourth-order valence-electron chi connectivity index (χ4n) is 4.21. The van der Waals surface area contributed by atoms with Gasteiger partial charge in [0, 0.05) is 10.6 Å². The number of amides is 2. The first-order chi connectivity index (χ1) is 14.5. The average Bonchev–Trinajstić information content (AvgIpc) is 3.30. The molecule has 0 spiro atoms. The maximum atomic E-state index is 13.2. The molecular weight excluding hydrogens is 400 g/mol. The highest BCUT2D eigenvalue weighted by Gasteiger charge is 2.35. The lowest BCUT2D eigenvalue weighted by Gasteiger charge is -2.24. The van der Waals surface area contributed by atoms with Gasteiger partial charge in [-0.05, 0) is 56.2 Å². The highest BCUT2D eigenvalue weighted by atomic mass is 32.1. The number of carboxylic acids is 1. The number of allylic oxidation sites excluding steroid dienone is 2. The van der Waals surface area contributed by atoms with Crippen LogP contribution in [0.25, 0.3) is 0 Å². The van der Waals surface area contributed by atoms with E-state index >= 15 is 0 Å². The summed E-state index contributed by atoms with van der Waals surface area (Å²) in [6.45, 7) is 1.93. The van der Waals surface area contributed by atoms with Gasteiger partial charge in [0.25, 0.3) is 5.91 Å². The minimum atomic E-state index is -0.967. The lowest BCUT2D eigenvalue weighted by Crippen LogP contribution is -2.35. The van der Waals surface area contributed by atoms with Crippen LogP contribution in [0.15, 0.2) is 36.4 Å². The Morgan fingerprint density at radius 3 is 2.50 bits per heavy atom. The number of aliphatic carboxylic acids is 1. The monoisotopic (exact) mass is 424 g/mol. The number of carbonyl (C=O) groups excluding carboxylic acids is 2. The standard InChI is InChI=1S/C23H24N2O4S/c1-13-7-2-5-11-17(13)24-21(27)19-16-10-6-12-18(16)30-22(19)25-20(26)14-8-3-4-9-15(14)23(28)29/h2-5,7,11,14-15H,6,8-10,12H2,1H3,(H,24,27)(H,25,26)(H,28,29)/t14-,15+/m0/s1. The van der Waals surface area contributed by atoms with Gasteiger partial charge in [0.05, 0.1) is 17.4 Å². The molecule has 1 aromatic heterocycles. The second-order valence-electron chi connectivity index (χ2n) is 7.81. The third-order valence-electron chi connectivity index (χ3n) is 5.86. The zero-order chi connectivity index (χ0) is 21.3. The number of carbonyl (C=O) groups is 3. The first-order valence-corrected chi connectivity index (χ1v) is 11.0. The van der Waals surface area contributed by atoms with Gasteiger partial charge in [0.15, 0.2) is 0 Å². The highest BCUT2D eigenvalue weighted by molar-refractivity contribution is 7.17. The Kier molecular flexibility index (Phi) is 5.72. The molecule has 0 aliphatic heterocycles. The number of thiophene rings is 1. The summed E-state index contributed by atoms with van der Waals surface area (Å²) in [6.07, 6.45) is 7.09. The van der Waals surface area contributed by atoms with Gasteiger partial charge in [-0.15, -0.1) is 11.3 Å².